The smallest absolute Gasteiger partial charge is 0.267 e. The first-order chi connectivity index (χ1) is 13.2. The van der Waals surface area contributed by atoms with Crippen LogP contribution in [0.5, 0.6) is 0 Å². The van der Waals surface area contributed by atoms with Crippen LogP contribution in [-0.2, 0) is 0 Å². The molecular weight excluding hydrogens is 338 g/mol. The lowest BCUT2D eigenvalue weighted by Gasteiger charge is -2.28. The van der Waals surface area contributed by atoms with Crippen LogP contribution < -0.4 is 10.9 Å². The van der Waals surface area contributed by atoms with E-state index in [9.17, 15) is 9.59 Å². The first kappa shape index (κ1) is 17.5. The van der Waals surface area contributed by atoms with Gasteiger partial charge in [-0.15, -0.1) is 0 Å². The van der Waals surface area contributed by atoms with E-state index in [2.05, 4.69) is 27.3 Å². The highest BCUT2D eigenvalue weighted by Crippen LogP contribution is 2.24. The molecule has 5 heteroatoms. The highest BCUT2D eigenvalue weighted by Gasteiger charge is 2.24. The fourth-order valence-corrected chi connectivity index (χ4v) is 3.80. The Hall–Kier alpha value is -2.92. The molecule has 0 radical (unpaired) electrons. The molecule has 1 unspecified atom stereocenters. The fraction of sp³-hybridized carbons (Fsp3) is 0.273. The summed E-state index contributed by atoms with van der Waals surface area (Å²) in [4.78, 5) is 30.0. The maximum atomic E-state index is 12.7. The van der Waals surface area contributed by atoms with Crippen molar-refractivity contribution in [2.75, 3.05) is 19.6 Å². The van der Waals surface area contributed by atoms with Gasteiger partial charge in [-0.3, -0.25) is 14.5 Å². The molecule has 0 saturated carbocycles. The predicted octanol–water partition coefficient (Wildman–Crippen LogP) is 3.10. The van der Waals surface area contributed by atoms with E-state index in [4.69, 9.17) is 0 Å². The molecule has 1 atom stereocenters. The van der Waals surface area contributed by atoms with Crippen molar-refractivity contribution < 1.29 is 4.79 Å². The summed E-state index contributed by atoms with van der Waals surface area (Å²) in [5.41, 5.74) is 1.26. The van der Waals surface area contributed by atoms with Gasteiger partial charge in [0.15, 0.2) is 0 Å². The SMILES string of the molecule is O=C(NCC(c1ccccc1)N1CCCC1)c1cc2ccccc2c(=O)[nH]1. The first-order valence-corrected chi connectivity index (χ1v) is 9.41. The number of rotatable bonds is 5. The van der Waals surface area contributed by atoms with E-state index in [0.29, 0.717) is 17.6 Å². The number of amides is 1. The zero-order valence-electron chi connectivity index (χ0n) is 15.2. The van der Waals surface area contributed by atoms with E-state index >= 15 is 0 Å². The number of benzene rings is 2. The third-order valence-electron chi connectivity index (χ3n) is 5.22. The molecule has 1 aliphatic rings. The van der Waals surface area contributed by atoms with E-state index in [0.717, 1.165) is 18.5 Å². The Balaban J connectivity index is 1.54. The van der Waals surface area contributed by atoms with Crippen molar-refractivity contribution in [3.05, 3.63) is 82.3 Å². The summed E-state index contributed by atoms with van der Waals surface area (Å²) >= 11 is 0. The third kappa shape index (κ3) is 3.78. The van der Waals surface area contributed by atoms with Gasteiger partial charge in [0.25, 0.3) is 11.5 Å². The molecule has 1 aromatic heterocycles. The van der Waals surface area contributed by atoms with Crippen molar-refractivity contribution >= 4 is 16.7 Å². The summed E-state index contributed by atoms with van der Waals surface area (Å²) in [6.45, 7) is 2.60. The van der Waals surface area contributed by atoms with E-state index < -0.39 is 0 Å². The lowest BCUT2D eigenvalue weighted by molar-refractivity contribution is 0.0933. The van der Waals surface area contributed by atoms with Gasteiger partial charge in [-0.25, -0.2) is 0 Å². The fourth-order valence-electron chi connectivity index (χ4n) is 3.80. The van der Waals surface area contributed by atoms with Gasteiger partial charge in [0.05, 0.1) is 6.04 Å². The number of carbonyl (C=O) groups is 1. The molecular formula is C22H23N3O2. The van der Waals surface area contributed by atoms with Crippen molar-refractivity contribution in [2.45, 2.75) is 18.9 Å². The number of hydrogen-bond donors (Lipinski definition) is 2. The van der Waals surface area contributed by atoms with Crippen LogP contribution in [0.4, 0.5) is 0 Å². The number of carbonyl (C=O) groups excluding carboxylic acids is 1. The third-order valence-corrected chi connectivity index (χ3v) is 5.22. The minimum Gasteiger partial charge on any atom is -0.349 e. The zero-order valence-corrected chi connectivity index (χ0v) is 15.2. The van der Waals surface area contributed by atoms with Crippen LogP contribution in [0.2, 0.25) is 0 Å². The molecule has 5 nitrogen and oxygen atoms in total. The largest absolute Gasteiger partial charge is 0.349 e. The molecule has 1 aliphatic heterocycles. The maximum absolute atomic E-state index is 12.7. The van der Waals surface area contributed by atoms with Crippen LogP contribution in [0.15, 0.2) is 65.5 Å². The second-order valence-corrected chi connectivity index (χ2v) is 6.98. The average Bonchev–Trinajstić information content (AvgIpc) is 3.23. The van der Waals surface area contributed by atoms with Gasteiger partial charge < -0.3 is 10.3 Å². The van der Waals surface area contributed by atoms with E-state index in [1.807, 2.05) is 36.4 Å². The van der Waals surface area contributed by atoms with E-state index in [-0.39, 0.29) is 17.5 Å². The summed E-state index contributed by atoms with van der Waals surface area (Å²) in [6.07, 6.45) is 2.38. The van der Waals surface area contributed by atoms with Crippen molar-refractivity contribution in [3.8, 4) is 0 Å². The lowest BCUT2D eigenvalue weighted by atomic mass is 10.1. The highest BCUT2D eigenvalue weighted by atomic mass is 16.2. The van der Waals surface area contributed by atoms with Crippen LogP contribution in [0.1, 0.15) is 34.9 Å². The summed E-state index contributed by atoms with van der Waals surface area (Å²) in [6, 6.07) is 19.4. The normalized spacial score (nSPS) is 15.7. The van der Waals surface area contributed by atoms with Crippen molar-refractivity contribution in [2.24, 2.45) is 0 Å². The maximum Gasteiger partial charge on any atom is 0.267 e. The average molecular weight is 361 g/mol. The van der Waals surface area contributed by atoms with Gasteiger partial charge in [0, 0.05) is 11.9 Å². The van der Waals surface area contributed by atoms with Gasteiger partial charge in [-0.2, -0.15) is 0 Å². The zero-order chi connectivity index (χ0) is 18.6. The van der Waals surface area contributed by atoms with Crippen molar-refractivity contribution in [1.82, 2.24) is 15.2 Å². The van der Waals surface area contributed by atoms with Gasteiger partial charge in [0.2, 0.25) is 0 Å². The van der Waals surface area contributed by atoms with Gasteiger partial charge in [-0.1, -0.05) is 48.5 Å². The standard InChI is InChI=1S/C22H23N3O2/c26-21-18-11-5-4-10-17(18)14-19(24-21)22(27)23-15-20(25-12-6-7-13-25)16-8-2-1-3-9-16/h1-5,8-11,14,20H,6-7,12-13,15H2,(H,23,27)(H,24,26). The Labute approximate surface area is 158 Å². The van der Waals surface area contributed by atoms with Crippen LogP contribution in [-0.4, -0.2) is 35.4 Å². The molecule has 4 rings (SSSR count). The Kier molecular flexibility index (Phi) is 5.03. The molecule has 1 amide bonds. The molecule has 0 bridgehead atoms. The molecule has 0 spiro atoms. The number of nitrogens with one attached hydrogen (secondary N) is 2. The van der Waals surface area contributed by atoms with E-state index in [1.54, 1.807) is 12.1 Å². The summed E-state index contributed by atoms with van der Waals surface area (Å²) in [7, 11) is 0. The summed E-state index contributed by atoms with van der Waals surface area (Å²) in [5.74, 6) is -0.252. The Morgan fingerprint density at radius 3 is 2.52 bits per heavy atom. The summed E-state index contributed by atoms with van der Waals surface area (Å²) < 4.78 is 0. The number of hydrogen-bond acceptors (Lipinski definition) is 3. The monoisotopic (exact) mass is 361 g/mol. The lowest BCUT2D eigenvalue weighted by Crippen LogP contribution is -2.37. The number of nitrogens with zero attached hydrogens (tertiary/aromatic N) is 1. The molecule has 138 valence electrons. The Morgan fingerprint density at radius 1 is 1.04 bits per heavy atom. The minimum atomic E-state index is -0.252. The van der Waals surface area contributed by atoms with Crippen molar-refractivity contribution in [3.63, 3.8) is 0 Å². The molecule has 2 N–H and O–H groups in total. The second kappa shape index (κ2) is 7.76. The molecule has 3 aromatic rings. The number of aromatic amines is 1. The molecule has 1 saturated heterocycles. The highest BCUT2D eigenvalue weighted by molar-refractivity contribution is 5.96. The molecule has 27 heavy (non-hydrogen) atoms. The topological polar surface area (TPSA) is 65.2 Å². The molecule has 2 aromatic carbocycles. The Bertz CT molecular complexity index is 991. The second-order valence-electron chi connectivity index (χ2n) is 6.98. The first-order valence-electron chi connectivity index (χ1n) is 9.41. The van der Waals surface area contributed by atoms with E-state index in [1.165, 1.54) is 18.4 Å². The van der Waals surface area contributed by atoms with Crippen LogP contribution in [0, 0.1) is 0 Å². The number of likely N-dealkylation sites (tertiary alicyclic amines) is 1. The molecule has 2 heterocycles. The summed E-state index contributed by atoms with van der Waals surface area (Å²) in [5, 5.41) is 4.38. The predicted molar refractivity (Wildman–Crippen MR) is 107 cm³/mol. The van der Waals surface area contributed by atoms with Crippen molar-refractivity contribution in [1.29, 1.82) is 0 Å². The number of fused-ring (bicyclic) bond motifs is 1. The van der Waals surface area contributed by atoms with Crippen LogP contribution >= 0.6 is 0 Å². The van der Waals surface area contributed by atoms with Crippen LogP contribution in [0.3, 0.4) is 0 Å². The molecule has 0 aliphatic carbocycles. The van der Waals surface area contributed by atoms with Gasteiger partial charge in [-0.05, 0) is 49.0 Å². The molecule has 1 fully saturated rings. The Morgan fingerprint density at radius 2 is 1.74 bits per heavy atom. The number of H-pyrrole nitrogens is 1. The van der Waals surface area contributed by atoms with Gasteiger partial charge >= 0.3 is 0 Å². The number of aromatic nitrogens is 1. The van der Waals surface area contributed by atoms with Crippen LogP contribution in [0.25, 0.3) is 10.8 Å². The minimum absolute atomic E-state index is 0.143. The van der Waals surface area contributed by atoms with Gasteiger partial charge in [0.1, 0.15) is 5.69 Å². The number of pyridine rings is 1. The quantitative estimate of drug-likeness (QED) is 0.734.